The van der Waals surface area contributed by atoms with Crippen LogP contribution in [0.25, 0.3) is 0 Å². The molecule has 1 aromatic carbocycles. The van der Waals surface area contributed by atoms with Crippen LogP contribution in [0.4, 0.5) is 8.78 Å². The fourth-order valence-electron chi connectivity index (χ4n) is 1.05. The molecule has 0 fully saturated rings. The highest BCUT2D eigenvalue weighted by atomic mass is 19.1. The zero-order valence-electron chi connectivity index (χ0n) is 8.02. The number of hydrogen-bond donors (Lipinski definition) is 1. The van der Waals surface area contributed by atoms with Gasteiger partial charge in [-0.1, -0.05) is 0 Å². The van der Waals surface area contributed by atoms with E-state index in [2.05, 4.69) is 5.32 Å². The predicted octanol–water partition coefficient (Wildman–Crippen LogP) is 1.95. The number of nitrogens with one attached hydrogen (secondary N) is 1. The van der Waals surface area contributed by atoms with Gasteiger partial charge in [0.2, 0.25) is 0 Å². The van der Waals surface area contributed by atoms with Crippen molar-refractivity contribution in [1.82, 2.24) is 5.32 Å². The van der Waals surface area contributed by atoms with Crippen molar-refractivity contribution < 1.29 is 13.5 Å². The molecule has 0 amide bonds. The summed E-state index contributed by atoms with van der Waals surface area (Å²) in [7, 11) is 1.84. The molecule has 0 aromatic heterocycles. The molecular formula is C10H13F2NO. The SMILES string of the molecule is CNCCCOc1cc(F)cc(F)c1. The lowest BCUT2D eigenvalue weighted by Gasteiger charge is -2.05. The highest BCUT2D eigenvalue weighted by Gasteiger charge is 2.00. The van der Waals surface area contributed by atoms with Crippen molar-refractivity contribution in [2.45, 2.75) is 6.42 Å². The van der Waals surface area contributed by atoms with Gasteiger partial charge in [0.15, 0.2) is 0 Å². The van der Waals surface area contributed by atoms with E-state index < -0.39 is 11.6 Å². The normalized spacial score (nSPS) is 10.2. The minimum Gasteiger partial charge on any atom is -0.493 e. The zero-order valence-corrected chi connectivity index (χ0v) is 8.02. The second kappa shape index (κ2) is 5.54. The first kappa shape index (κ1) is 10.9. The lowest BCUT2D eigenvalue weighted by Crippen LogP contribution is -2.11. The molecule has 0 saturated carbocycles. The monoisotopic (exact) mass is 201 g/mol. The minimum absolute atomic E-state index is 0.235. The molecule has 0 aliphatic heterocycles. The molecule has 0 spiro atoms. The third kappa shape index (κ3) is 3.70. The Balaban J connectivity index is 2.42. The lowest BCUT2D eigenvalue weighted by molar-refractivity contribution is 0.306. The molecule has 1 aromatic rings. The van der Waals surface area contributed by atoms with Crippen molar-refractivity contribution in [2.75, 3.05) is 20.2 Å². The van der Waals surface area contributed by atoms with Crippen molar-refractivity contribution in [3.8, 4) is 5.75 Å². The Morgan fingerprint density at radius 3 is 2.43 bits per heavy atom. The molecule has 0 aliphatic carbocycles. The largest absolute Gasteiger partial charge is 0.493 e. The van der Waals surface area contributed by atoms with Crippen molar-refractivity contribution in [3.63, 3.8) is 0 Å². The first-order valence-electron chi connectivity index (χ1n) is 4.46. The average Bonchev–Trinajstić information content (AvgIpc) is 2.11. The summed E-state index contributed by atoms with van der Waals surface area (Å²) in [6.45, 7) is 1.27. The maximum atomic E-state index is 12.7. The molecule has 0 saturated heterocycles. The summed E-state index contributed by atoms with van der Waals surface area (Å²) in [6, 6.07) is 3.16. The van der Waals surface area contributed by atoms with Crippen molar-refractivity contribution in [2.24, 2.45) is 0 Å². The van der Waals surface area contributed by atoms with Gasteiger partial charge in [-0.15, -0.1) is 0 Å². The number of halogens is 2. The molecular weight excluding hydrogens is 188 g/mol. The van der Waals surface area contributed by atoms with Gasteiger partial charge >= 0.3 is 0 Å². The standard InChI is InChI=1S/C10H13F2NO/c1-13-3-2-4-14-10-6-8(11)5-9(12)7-10/h5-7,13H,2-4H2,1H3. The Bertz CT molecular complexity index is 271. The Hall–Kier alpha value is -1.16. The Labute approximate surface area is 81.9 Å². The van der Waals surface area contributed by atoms with Crippen LogP contribution >= 0.6 is 0 Å². The maximum absolute atomic E-state index is 12.7. The van der Waals surface area contributed by atoms with E-state index in [0.717, 1.165) is 19.0 Å². The van der Waals surface area contributed by atoms with E-state index in [0.29, 0.717) is 6.61 Å². The zero-order chi connectivity index (χ0) is 10.4. The van der Waals surface area contributed by atoms with E-state index in [9.17, 15) is 8.78 Å². The summed E-state index contributed by atoms with van der Waals surface area (Å²) in [5.41, 5.74) is 0. The van der Waals surface area contributed by atoms with Gasteiger partial charge in [-0.25, -0.2) is 8.78 Å². The lowest BCUT2D eigenvalue weighted by atomic mass is 10.3. The van der Waals surface area contributed by atoms with E-state index in [1.807, 2.05) is 7.05 Å². The van der Waals surface area contributed by atoms with Gasteiger partial charge in [0.05, 0.1) is 6.61 Å². The number of benzene rings is 1. The van der Waals surface area contributed by atoms with E-state index >= 15 is 0 Å². The van der Waals surface area contributed by atoms with Gasteiger partial charge < -0.3 is 10.1 Å². The van der Waals surface area contributed by atoms with Crippen molar-refractivity contribution in [3.05, 3.63) is 29.8 Å². The number of ether oxygens (including phenoxy) is 1. The topological polar surface area (TPSA) is 21.3 Å². The van der Waals surface area contributed by atoms with Crippen molar-refractivity contribution >= 4 is 0 Å². The molecule has 0 radical (unpaired) electrons. The molecule has 14 heavy (non-hydrogen) atoms. The van der Waals surface area contributed by atoms with Gasteiger partial charge in [0, 0.05) is 18.2 Å². The highest BCUT2D eigenvalue weighted by Crippen LogP contribution is 2.15. The first-order valence-corrected chi connectivity index (χ1v) is 4.46. The third-order valence-corrected chi connectivity index (χ3v) is 1.68. The summed E-state index contributed by atoms with van der Waals surface area (Å²) in [5.74, 6) is -0.999. The fourth-order valence-corrected chi connectivity index (χ4v) is 1.05. The molecule has 0 heterocycles. The van der Waals surface area contributed by atoms with Crippen LogP contribution in [-0.4, -0.2) is 20.2 Å². The summed E-state index contributed by atoms with van der Waals surface area (Å²) in [6.07, 6.45) is 0.800. The van der Waals surface area contributed by atoms with E-state index in [1.165, 1.54) is 12.1 Å². The maximum Gasteiger partial charge on any atom is 0.129 e. The smallest absolute Gasteiger partial charge is 0.129 e. The van der Waals surface area contributed by atoms with Crippen LogP contribution in [0.5, 0.6) is 5.75 Å². The Kier molecular flexibility index (Phi) is 4.32. The predicted molar refractivity (Wildman–Crippen MR) is 50.4 cm³/mol. The molecule has 2 nitrogen and oxygen atoms in total. The molecule has 4 heteroatoms. The van der Waals surface area contributed by atoms with Gasteiger partial charge in [-0.3, -0.25) is 0 Å². The Morgan fingerprint density at radius 1 is 1.21 bits per heavy atom. The van der Waals surface area contributed by atoms with Gasteiger partial charge in [0.1, 0.15) is 17.4 Å². The quantitative estimate of drug-likeness (QED) is 0.735. The molecule has 78 valence electrons. The van der Waals surface area contributed by atoms with E-state index in [-0.39, 0.29) is 5.75 Å². The molecule has 0 bridgehead atoms. The van der Waals surface area contributed by atoms with Crippen LogP contribution in [0.2, 0.25) is 0 Å². The van der Waals surface area contributed by atoms with Crippen LogP contribution in [0.1, 0.15) is 6.42 Å². The number of rotatable bonds is 5. The van der Waals surface area contributed by atoms with Crippen LogP contribution in [0, 0.1) is 11.6 Å². The van der Waals surface area contributed by atoms with E-state index in [1.54, 1.807) is 0 Å². The fraction of sp³-hybridized carbons (Fsp3) is 0.400. The molecule has 1 rings (SSSR count). The molecule has 1 N–H and O–H groups in total. The summed E-state index contributed by atoms with van der Waals surface area (Å²) in [4.78, 5) is 0. The van der Waals surface area contributed by atoms with Crippen LogP contribution in [-0.2, 0) is 0 Å². The summed E-state index contributed by atoms with van der Waals surface area (Å²) < 4.78 is 30.5. The second-order valence-electron chi connectivity index (χ2n) is 2.91. The molecule has 0 aliphatic rings. The molecule has 0 atom stereocenters. The number of hydrogen-bond acceptors (Lipinski definition) is 2. The van der Waals surface area contributed by atoms with Gasteiger partial charge in [0.25, 0.3) is 0 Å². The van der Waals surface area contributed by atoms with Crippen LogP contribution in [0.15, 0.2) is 18.2 Å². The average molecular weight is 201 g/mol. The Morgan fingerprint density at radius 2 is 1.86 bits per heavy atom. The second-order valence-corrected chi connectivity index (χ2v) is 2.91. The van der Waals surface area contributed by atoms with Crippen LogP contribution < -0.4 is 10.1 Å². The highest BCUT2D eigenvalue weighted by molar-refractivity contribution is 5.23. The van der Waals surface area contributed by atoms with Crippen LogP contribution in [0.3, 0.4) is 0 Å². The summed E-state index contributed by atoms with van der Waals surface area (Å²) in [5, 5.41) is 2.95. The van der Waals surface area contributed by atoms with Crippen molar-refractivity contribution in [1.29, 1.82) is 0 Å². The third-order valence-electron chi connectivity index (χ3n) is 1.68. The molecule has 0 unspecified atom stereocenters. The minimum atomic E-state index is -0.617. The van der Waals surface area contributed by atoms with E-state index in [4.69, 9.17) is 4.74 Å². The van der Waals surface area contributed by atoms with Gasteiger partial charge in [-0.05, 0) is 20.0 Å². The summed E-state index contributed by atoms with van der Waals surface area (Å²) >= 11 is 0. The van der Waals surface area contributed by atoms with Gasteiger partial charge in [-0.2, -0.15) is 0 Å². The first-order chi connectivity index (χ1) is 6.72.